The van der Waals surface area contributed by atoms with Crippen LogP contribution in [0.5, 0.6) is 5.75 Å². The molecule has 0 aliphatic carbocycles. The van der Waals surface area contributed by atoms with Crippen molar-refractivity contribution >= 4 is 11.9 Å². The van der Waals surface area contributed by atoms with E-state index in [-0.39, 0.29) is 0 Å². The van der Waals surface area contributed by atoms with Crippen molar-refractivity contribution in [2.75, 3.05) is 0 Å². The first kappa shape index (κ1) is 9.00. The molecule has 1 atom stereocenters. The van der Waals surface area contributed by atoms with Crippen molar-refractivity contribution in [1.29, 1.82) is 0 Å². The summed E-state index contributed by atoms with van der Waals surface area (Å²) in [6.45, 7) is 3.75. The minimum Gasteiger partial charge on any atom is -0.475 e. The molecule has 1 aliphatic heterocycles. The summed E-state index contributed by atoms with van der Waals surface area (Å²) in [5.74, 6) is 0.780. The molecule has 0 spiro atoms. The predicted molar refractivity (Wildman–Crippen MR) is 55.2 cm³/mol. The van der Waals surface area contributed by atoms with E-state index in [9.17, 15) is 4.79 Å². The summed E-state index contributed by atoms with van der Waals surface area (Å²) >= 11 is 0. The molecule has 1 aliphatic rings. The Kier molecular flexibility index (Phi) is 1.92. The van der Waals surface area contributed by atoms with Crippen molar-refractivity contribution in [3.05, 3.63) is 35.9 Å². The van der Waals surface area contributed by atoms with Gasteiger partial charge < -0.3 is 4.74 Å². The molecule has 0 aromatic heterocycles. The van der Waals surface area contributed by atoms with Crippen molar-refractivity contribution in [2.24, 2.45) is 0 Å². The Bertz CT molecular complexity index is 407. The Labute approximate surface area is 83.2 Å². The predicted octanol–water partition coefficient (Wildman–Crippen LogP) is 2.44. The molecule has 1 unspecified atom stereocenters. The number of carbonyl (C=O) groups excluding carboxylic acids is 1. The van der Waals surface area contributed by atoms with Gasteiger partial charge in [-0.2, -0.15) is 0 Å². The molecular formula is C12H12O2. The van der Waals surface area contributed by atoms with Crippen LogP contribution in [0, 0.1) is 0 Å². The quantitative estimate of drug-likeness (QED) is 0.633. The van der Waals surface area contributed by atoms with E-state index >= 15 is 0 Å². The molecule has 0 radical (unpaired) electrons. The molecule has 0 amide bonds. The summed E-state index contributed by atoms with van der Waals surface area (Å²) in [4.78, 5) is 10.9. The summed E-state index contributed by atoms with van der Waals surface area (Å²) in [5, 5.41) is 0. The molecule has 0 N–H and O–H groups in total. The van der Waals surface area contributed by atoms with Crippen molar-refractivity contribution in [2.45, 2.75) is 19.4 Å². The molecule has 2 nitrogen and oxygen atoms in total. The van der Waals surface area contributed by atoms with Crippen molar-refractivity contribution in [1.82, 2.24) is 0 Å². The topological polar surface area (TPSA) is 26.3 Å². The SMILES string of the molecule is CC1=CC(C)(C=O)Oc2ccccc21. The number of benzene rings is 1. The highest BCUT2D eigenvalue weighted by Gasteiger charge is 2.28. The van der Waals surface area contributed by atoms with Gasteiger partial charge in [-0.15, -0.1) is 0 Å². The normalized spacial score (nSPS) is 24.6. The molecule has 0 fully saturated rings. The maximum atomic E-state index is 10.9. The Morgan fingerprint density at radius 1 is 1.36 bits per heavy atom. The highest BCUT2D eigenvalue weighted by Crippen LogP contribution is 2.34. The largest absolute Gasteiger partial charge is 0.475 e. The molecule has 1 aromatic rings. The molecular weight excluding hydrogens is 176 g/mol. The van der Waals surface area contributed by atoms with Gasteiger partial charge in [0.1, 0.15) is 5.75 Å². The molecule has 72 valence electrons. The minimum atomic E-state index is -0.807. The van der Waals surface area contributed by atoms with E-state index in [0.29, 0.717) is 0 Å². The number of fused-ring (bicyclic) bond motifs is 1. The lowest BCUT2D eigenvalue weighted by molar-refractivity contribution is -0.117. The van der Waals surface area contributed by atoms with E-state index in [1.807, 2.05) is 37.3 Å². The van der Waals surface area contributed by atoms with Crippen LogP contribution in [0.3, 0.4) is 0 Å². The van der Waals surface area contributed by atoms with Gasteiger partial charge in [-0.25, -0.2) is 0 Å². The van der Waals surface area contributed by atoms with Crippen LogP contribution < -0.4 is 4.74 Å². The summed E-state index contributed by atoms with van der Waals surface area (Å²) in [5.41, 5.74) is 1.34. The number of para-hydroxylation sites is 1. The highest BCUT2D eigenvalue weighted by molar-refractivity contribution is 5.79. The fraction of sp³-hybridized carbons (Fsp3) is 0.250. The molecule has 1 heterocycles. The monoisotopic (exact) mass is 188 g/mol. The molecule has 1 aromatic carbocycles. The van der Waals surface area contributed by atoms with Gasteiger partial charge in [0.2, 0.25) is 0 Å². The number of allylic oxidation sites excluding steroid dienone is 1. The third kappa shape index (κ3) is 1.33. The summed E-state index contributed by atoms with van der Waals surface area (Å²) < 4.78 is 5.59. The van der Waals surface area contributed by atoms with Gasteiger partial charge in [0.25, 0.3) is 0 Å². The number of hydrogen-bond donors (Lipinski definition) is 0. The van der Waals surface area contributed by atoms with Gasteiger partial charge in [-0.05, 0) is 31.6 Å². The van der Waals surface area contributed by atoms with E-state index in [1.54, 1.807) is 6.92 Å². The number of carbonyl (C=O) groups is 1. The van der Waals surface area contributed by atoms with Gasteiger partial charge in [0.05, 0.1) is 0 Å². The smallest absolute Gasteiger partial charge is 0.180 e. The Morgan fingerprint density at radius 2 is 2.07 bits per heavy atom. The van der Waals surface area contributed by atoms with Gasteiger partial charge >= 0.3 is 0 Å². The summed E-state index contributed by atoms with van der Waals surface area (Å²) in [6.07, 6.45) is 2.68. The maximum Gasteiger partial charge on any atom is 0.180 e. The average molecular weight is 188 g/mol. The van der Waals surface area contributed by atoms with E-state index in [0.717, 1.165) is 23.2 Å². The molecule has 2 heteroatoms. The van der Waals surface area contributed by atoms with E-state index in [1.165, 1.54) is 0 Å². The molecule has 0 saturated carbocycles. The lowest BCUT2D eigenvalue weighted by Gasteiger charge is -2.28. The van der Waals surface area contributed by atoms with Crippen LogP contribution in [0.25, 0.3) is 5.57 Å². The van der Waals surface area contributed by atoms with Crippen molar-refractivity contribution in [3.8, 4) is 5.75 Å². The van der Waals surface area contributed by atoms with Crippen LogP contribution in [0.1, 0.15) is 19.4 Å². The van der Waals surface area contributed by atoms with Crippen LogP contribution in [0.15, 0.2) is 30.3 Å². The maximum absolute atomic E-state index is 10.9. The number of aldehydes is 1. The first-order chi connectivity index (χ1) is 6.64. The van der Waals surface area contributed by atoms with Crippen LogP contribution in [-0.2, 0) is 4.79 Å². The Hall–Kier alpha value is -1.57. The fourth-order valence-corrected chi connectivity index (χ4v) is 1.71. The zero-order chi connectivity index (χ0) is 10.2. The van der Waals surface area contributed by atoms with Crippen LogP contribution in [0.4, 0.5) is 0 Å². The lowest BCUT2D eigenvalue weighted by atomic mass is 9.96. The van der Waals surface area contributed by atoms with Gasteiger partial charge in [-0.1, -0.05) is 18.2 Å². The molecule has 2 rings (SSSR count). The van der Waals surface area contributed by atoms with Gasteiger partial charge in [-0.3, -0.25) is 4.79 Å². The first-order valence-electron chi connectivity index (χ1n) is 4.59. The molecule has 0 bridgehead atoms. The van der Waals surface area contributed by atoms with E-state index in [4.69, 9.17) is 4.74 Å². The summed E-state index contributed by atoms with van der Waals surface area (Å²) in [6, 6.07) is 7.74. The second-order valence-corrected chi connectivity index (χ2v) is 3.73. The van der Waals surface area contributed by atoms with Crippen LogP contribution in [0.2, 0.25) is 0 Å². The van der Waals surface area contributed by atoms with E-state index in [2.05, 4.69) is 0 Å². The zero-order valence-corrected chi connectivity index (χ0v) is 8.28. The minimum absolute atomic E-state index is 0.780. The average Bonchev–Trinajstić information content (AvgIpc) is 2.18. The number of rotatable bonds is 1. The second-order valence-electron chi connectivity index (χ2n) is 3.73. The van der Waals surface area contributed by atoms with Gasteiger partial charge in [0, 0.05) is 5.56 Å². The highest BCUT2D eigenvalue weighted by atomic mass is 16.5. The first-order valence-corrected chi connectivity index (χ1v) is 4.59. The molecule has 14 heavy (non-hydrogen) atoms. The second kappa shape index (κ2) is 2.98. The van der Waals surface area contributed by atoms with Crippen LogP contribution >= 0.6 is 0 Å². The fourth-order valence-electron chi connectivity index (χ4n) is 1.71. The van der Waals surface area contributed by atoms with Crippen LogP contribution in [-0.4, -0.2) is 11.9 Å². The van der Waals surface area contributed by atoms with Crippen molar-refractivity contribution in [3.63, 3.8) is 0 Å². The van der Waals surface area contributed by atoms with Crippen molar-refractivity contribution < 1.29 is 9.53 Å². The third-order valence-electron chi connectivity index (χ3n) is 2.38. The lowest BCUT2D eigenvalue weighted by Crippen LogP contribution is -2.34. The summed E-state index contributed by atoms with van der Waals surface area (Å²) in [7, 11) is 0. The Balaban J connectivity index is 2.54. The third-order valence-corrected chi connectivity index (χ3v) is 2.38. The standard InChI is InChI=1S/C12H12O2/c1-9-7-12(2,8-13)14-11-6-4-3-5-10(9)11/h3-8H,1-2H3. The zero-order valence-electron chi connectivity index (χ0n) is 8.28. The Morgan fingerprint density at radius 3 is 2.79 bits per heavy atom. The molecule has 0 saturated heterocycles. The van der Waals surface area contributed by atoms with E-state index < -0.39 is 5.60 Å². The van der Waals surface area contributed by atoms with Gasteiger partial charge in [0.15, 0.2) is 11.9 Å². The number of hydrogen-bond acceptors (Lipinski definition) is 2. The number of ether oxygens (including phenoxy) is 1.